The van der Waals surface area contributed by atoms with E-state index >= 15 is 0 Å². The van der Waals surface area contributed by atoms with Crippen molar-refractivity contribution in [1.29, 1.82) is 0 Å². The van der Waals surface area contributed by atoms with E-state index in [4.69, 9.17) is 9.47 Å². The predicted octanol–water partition coefficient (Wildman–Crippen LogP) is 3.29. The van der Waals surface area contributed by atoms with Crippen LogP contribution in [0.4, 0.5) is 5.69 Å². The number of methoxy groups -OCH3 is 1. The van der Waals surface area contributed by atoms with Gasteiger partial charge in [0.2, 0.25) is 0 Å². The number of carbonyl (C=O) groups is 1. The topological polar surface area (TPSA) is 90.7 Å². The third kappa shape index (κ3) is 4.02. The molecule has 0 heterocycles. The zero-order valence-corrected chi connectivity index (χ0v) is 15.4. The van der Waals surface area contributed by atoms with E-state index in [0.29, 0.717) is 18.8 Å². The Labute approximate surface area is 157 Å². The molecule has 0 spiro atoms. The molecule has 0 aliphatic heterocycles. The Kier molecular flexibility index (Phi) is 5.59. The molecule has 1 N–H and O–H groups in total. The smallest absolute Gasteiger partial charge is 0.286 e. The number of aryl methyl sites for hydroxylation is 1. The monoisotopic (exact) mass is 370 g/mol. The summed E-state index contributed by atoms with van der Waals surface area (Å²) in [6.07, 6.45) is 2.38. The van der Waals surface area contributed by atoms with Gasteiger partial charge in [-0.2, -0.15) is 0 Å². The molecule has 1 amide bonds. The summed E-state index contributed by atoms with van der Waals surface area (Å²) >= 11 is 0. The number of fused-ring (bicyclic) bond motifs is 1. The summed E-state index contributed by atoms with van der Waals surface area (Å²) in [5.74, 6) is 0.0612. The number of nitrogens with one attached hydrogen (secondary N) is 1. The van der Waals surface area contributed by atoms with Crippen molar-refractivity contribution in [3.63, 3.8) is 0 Å². The second-order valence-electron chi connectivity index (χ2n) is 6.39. The highest BCUT2D eigenvalue weighted by Crippen LogP contribution is 2.35. The lowest BCUT2D eigenvalue weighted by Crippen LogP contribution is -2.39. The number of amides is 1. The van der Waals surface area contributed by atoms with Crippen LogP contribution < -0.4 is 14.8 Å². The van der Waals surface area contributed by atoms with E-state index in [1.54, 1.807) is 6.92 Å². The molecule has 0 fully saturated rings. The fourth-order valence-corrected chi connectivity index (χ4v) is 3.39. The third-order valence-corrected chi connectivity index (χ3v) is 4.71. The fraction of sp³-hybridized carbons (Fsp3) is 0.350. The van der Waals surface area contributed by atoms with Crippen LogP contribution in [0.1, 0.15) is 34.8 Å². The molecule has 1 unspecified atom stereocenters. The van der Waals surface area contributed by atoms with Crippen LogP contribution in [-0.2, 0) is 12.8 Å². The number of ether oxygens (including phenoxy) is 2. The van der Waals surface area contributed by atoms with Crippen molar-refractivity contribution >= 4 is 11.6 Å². The SMILES string of the molecule is CCOc1cc(C(=O)NC2CCc3ccccc3C2)c([N+](=O)[O-])cc1OC. The van der Waals surface area contributed by atoms with Gasteiger partial charge in [0.25, 0.3) is 11.6 Å². The fourth-order valence-electron chi connectivity index (χ4n) is 3.39. The van der Waals surface area contributed by atoms with Gasteiger partial charge in [0.15, 0.2) is 11.5 Å². The van der Waals surface area contributed by atoms with E-state index in [2.05, 4.69) is 17.4 Å². The first-order valence-electron chi connectivity index (χ1n) is 8.90. The van der Waals surface area contributed by atoms with E-state index in [-0.39, 0.29) is 23.0 Å². The van der Waals surface area contributed by atoms with E-state index in [1.165, 1.54) is 30.4 Å². The Balaban J connectivity index is 1.85. The van der Waals surface area contributed by atoms with E-state index in [0.717, 1.165) is 12.8 Å². The molecule has 0 radical (unpaired) electrons. The molecule has 1 atom stereocenters. The second kappa shape index (κ2) is 8.07. The van der Waals surface area contributed by atoms with Crippen molar-refractivity contribution < 1.29 is 19.2 Å². The van der Waals surface area contributed by atoms with Crippen molar-refractivity contribution in [2.45, 2.75) is 32.2 Å². The number of nitrogens with zero attached hydrogens (tertiary/aromatic N) is 1. The molecule has 0 aromatic heterocycles. The maximum Gasteiger partial charge on any atom is 0.286 e. The minimum Gasteiger partial charge on any atom is -0.493 e. The number of hydrogen-bond donors (Lipinski definition) is 1. The van der Waals surface area contributed by atoms with Gasteiger partial charge in [0.05, 0.1) is 24.7 Å². The predicted molar refractivity (Wildman–Crippen MR) is 101 cm³/mol. The van der Waals surface area contributed by atoms with Crippen LogP contribution in [0.15, 0.2) is 36.4 Å². The molecule has 7 nitrogen and oxygen atoms in total. The molecular formula is C20H22N2O5. The molecule has 3 rings (SSSR count). The number of nitro benzene ring substituents is 1. The number of carbonyl (C=O) groups excluding carboxylic acids is 1. The quantitative estimate of drug-likeness (QED) is 0.622. The summed E-state index contributed by atoms with van der Waals surface area (Å²) in [7, 11) is 1.40. The van der Waals surface area contributed by atoms with Crippen LogP contribution in [0.5, 0.6) is 11.5 Å². The van der Waals surface area contributed by atoms with Crippen LogP contribution >= 0.6 is 0 Å². The van der Waals surface area contributed by atoms with Gasteiger partial charge in [-0.05, 0) is 37.3 Å². The van der Waals surface area contributed by atoms with Gasteiger partial charge in [0.1, 0.15) is 5.56 Å². The highest BCUT2D eigenvalue weighted by atomic mass is 16.6. The van der Waals surface area contributed by atoms with E-state index in [1.807, 2.05) is 12.1 Å². The van der Waals surface area contributed by atoms with Crippen LogP contribution in [0.2, 0.25) is 0 Å². The zero-order chi connectivity index (χ0) is 19.4. The lowest BCUT2D eigenvalue weighted by atomic mass is 9.88. The molecule has 0 saturated carbocycles. The molecule has 0 saturated heterocycles. The largest absolute Gasteiger partial charge is 0.493 e. The van der Waals surface area contributed by atoms with Crippen molar-refractivity contribution in [2.75, 3.05) is 13.7 Å². The summed E-state index contributed by atoms with van der Waals surface area (Å²) in [6.45, 7) is 2.15. The number of hydrogen-bond acceptors (Lipinski definition) is 5. The Hall–Kier alpha value is -3.09. The first-order chi connectivity index (χ1) is 13.0. The van der Waals surface area contributed by atoms with Gasteiger partial charge in [-0.1, -0.05) is 24.3 Å². The Morgan fingerprint density at radius 3 is 2.67 bits per heavy atom. The normalized spacial score (nSPS) is 15.6. The van der Waals surface area contributed by atoms with Crippen LogP contribution in [0, 0.1) is 10.1 Å². The van der Waals surface area contributed by atoms with Gasteiger partial charge in [-0.3, -0.25) is 14.9 Å². The second-order valence-corrected chi connectivity index (χ2v) is 6.39. The molecule has 142 valence electrons. The maximum atomic E-state index is 12.8. The molecular weight excluding hydrogens is 348 g/mol. The molecule has 7 heteroatoms. The van der Waals surface area contributed by atoms with Gasteiger partial charge in [0, 0.05) is 12.1 Å². The lowest BCUT2D eigenvalue weighted by molar-refractivity contribution is -0.385. The first-order valence-corrected chi connectivity index (χ1v) is 8.90. The molecule has 0 bridgehead atoms. The van der Waals surface area contributed by atoms with E-state index < -0.39 is 10.8 Å². The maximum absolute atomic E-state index is 12.8. The average Bonchev–Trinajstić information content (AvgIpc) is 2.67. The van der Waals surface area contributed by atoms with Gasteiger partial charge in [-0.15, -0.1) is 0 Å². The van der Waals surface area contributed by atoms with Crippen molar-refractivity contribution in [3.8, 4) is 11.5 Å². The molecule has 1 aliphatic carbocycles. The minimum absolute atomic E-state index is 0.0249. The van der Waals surface area contributed by atoms with Crippen LogP contribution in [-0.4, -0.2) is 30.6 Å². The summed E-state index contributed by atoms with van der Waals surface area (Å²) in [5, 5.41) is 14.4. The third-order valence-electron chi connectivity index (χ3n) is 4.71. The Bertz CT molecular complexity index is 865. The average molecular weight is 370 g/mol. The standard InChI is InChI=1S/C20H22N2O5/c1-3-27-19-11-16(17(22(24)25)12-18(19)26-2)20(23)21-15-9-8-13-6-4-5-7-14(13)10-15/h4-7,11-12,15H,3,8-10H2,1-2H3,(H,21,23). The van der Waals surface area contributed by atoms with Gasteiger partial charge in [-0.25, -0.2) is 0 Å². The van der Waals surface area contributed by atoms with Crippen molar-refractivity contribution in [2.24, 2.45) is 0 Å². The minimum atomic E-state index is -0.580. The van der Waals surface area contributed by atoms with Crippen molar-refractivity contribution in [3.05, 3.63) is 63.2 Å². The summed E-state index contributed by atoms with van der Waals surface area (Å²) in [5.41, 5.74) is 2.16. The lowest BCUT2D eigenvalue weighted by Gasteiger charge is -2.25. The van der Waals surface area contributed by atoms with Gasteiger partial charge < -0.3 is 14.8 Å². The number of rotatable bonds is 6. The first kappa shape index (κ1) is 18.7. The molecule has 1 aliphatic rings. The van der Waals surface area contributed by atoms with Crippen LogP contribution in [0.3, 0.4) is 0 Å². The Morgan fingerprint density at radius 2 is 2.00 bits per heavy atom. The zero-order valence-electron chi connectivity index (χ0n) is 15.4. The van der Waals surface area contributed by atoms with Gasteiger partial charge >= 0.3 is 0 Å². The Morgan fingerprint density at radius 1 is 1.26 bits per heavy atom. The summed E-state index contributed by atoms with van der Waals surface area (Å²) in [6, 6.07) is 10.7. The molecule has 2 aromatic carbocycles. The van der Waals surface area contributed by atoms with Crippen molar-refractivity contribution in [1.82, 2.24) is 5.32 Å². The summed E-state index contributed by atoms with van der Waals surface area (Å²) < 4.78 is 10.6. The van der Waals surface area contributed by atoms with Crippen LogP contribution in [0.25, 0.3) is 0 Å². The highest BCUT2D eigenvalue weighted by molar-refractivity contribution is 5.99. The van der Waals surface area contributed by atoms with E-state index in [9.17, 15) is 14.9 Å². The highest BCUT2D eigenvalue weighted by Gasteiger charge is 2.27. The number of benzene rings is 2. The summed E-state index contributed by atoms with van der Waals surface area (Å²) in [4.78, 5) is 23.7. The molecule has 2 aromatic rings. The molecule has 27 heavy (non-hydrogen) atoms. The number of nitro groups is 1.